The van der Waals surface area contributed by atoms with Crippen LogP contribution in [-0.2, 0) is 19.4 Å². The topological polar surface area (TPSA) is 64.1 Å². The van der Waals surface area contributed by atoms with E-state index in [2.05, 4.69) is 27.7 Å². The molecule has 0 fully saturated rings. The number of fused-ring (bicyclic) bond motifs is 1. The molecule has 5 heteroatoms. The molecule has 1 unspecified atom stereocenters. The first-order valence-electron chi connectivity index (χ1n) is 6.81. The summed E-state index contributed by atoms with van der Waals surface area (Å²) < 4.78 is 7.42. The zero-order valence-electron chi connectivity index (χ0n) is 11.4. The van der Waals surface area contributed by atoms with Gasteiger partial charge in [0.15, 0.2) is 5.82 Å². The van der Waals surface area contributed by atoms with Crippen LogP contribution >= 0.6 is 0 Å². The molecule has 3 rings (SSSR count). The number of aromatic nitrogens is 3. The van der Waals surface area contributed by atoms with Crippen LogP contribution in [0.5, 0.6) is 0 Å². The Balaban J connectivity index is 1.81. The largest absolute Gasteiger partial charge is 0.388 e. The summed E-state index contributed by atoms with van der Waals surface area (Å²) in [6, 6.07) is 2.11. The highest BCUT2D eigenvalue weighted by Crippen LogP contribution is 2.32. The molecule has 1 aliphatic rings. The van der Waals surface area contributed by atoms with Crippen LogP contribution in [0.4, 0.5) is 0 Å². The van der Waals surface area contributed by atoms with Gasteiger partial charge in [-0.3, -0.25) is 0 Å². The molecule has 0 bridgehead atoms. The number of nitrogens with zero attached hydrogens (tertiary/aromatic N) is 3. The van der Waals surface area contributed by atoms with Crippen LogP contribution in [0.1, 0.15) is 47.6 Å². The third kappa shape index (κ3) is 2.30. The molecule has 0 aliphatic heterocycles. The van der Waals surface area contributed by atoms with Gasteiger partial charge in [0.25, 0.3) is 0 Å². The summed E-state index contributed by atoms with van der Waals surface area (Å²) in [5, 5.41) is 13.8. The Morgan fingerprint density at radius 2 is 2.32 bits per heavy atom. The van der Waals surface area contributed by atoms with Crippen LogP contribution in [0.3, 0.4) is 0 Å². The van der Waals surface area contributed by atoms with Crippen molar-refractivity contribution >= 4 is 0 Å². The molecule has 0 saturated heterocycles. The minimum Gasteiger partial charge on any atom is -0.388 e. The molecule has 5 nitrogen and oxygen atoms in total. The fraction of sp³-hybridized carbons (Fsp3) is 0.571. The maximum Gasteiger partial charge on any atom is 0.228 e. The van der Waals surface area contributed by atoms with E-state index in [0.29, 0.717) is 11.7 Å². The molecule has 0 aromatic carbocycles. The standard InChI is InChI=1S/C14H19N3O2/c1-9-8-11-12(4-3-5-13(11)18)17(9)7-6-14-15-10(2)16-19-14/h8,13,18H,3-7H2,1-2H3. The zero-order chi connectivity index (χ0) is 13.4. The fourth-order valence-corrected chi connectivity index (χ4v) is 2.90. The van der Waals surface area contributed by atoms with E-state index in [4.69, 9.17) is 4.52 Å². The van der Waals surface area contributed by atoms with Crippen molar-refractivity contribution in [1.29, 1.82) is 0 Å². The quantitative estimate of drug-likeness (QED) is 0.919. The lowest BCUT2D eigenvalue weighted by molar-refractivity contribution is 0.155. The van der Waals surface area contributed by atoms with E-state index in [1.807, 2.05) is 6.92 Å². The van der Waals surface area contributed by atoms with Gasteiger partial charge in [0.1, 0.15) is 0 Å². The van der Waals surface area contributed by atoms with Crippen LogP contribution in [-0.4, -0.2) is 19.8 Å². The molecule has 2 heterocycles. The van der Waals surface area contributed by atoms with Crippen molar-refractivity contribution in [3.8, 4) is 0 Å². The molecule has 1 N–H and O–H groups in total. The molecular formula is C14H19N3O2. The van der Waals surface area contributed by atoms with E-state index in [0.717, 1.165) is 37.8 Å². The molecule has 0 spiro atoms. The zero-order valence-corrected chi connectivity index (χ0v) is 11.4. The van der Waals surface area contributed by atoms with Gasteiger partial charge < -0.3 is 14.2 Å². The van der Waals surface area contributed by atoms with E-state index in [1.54, 1.807) is 0 Å². The minimum absolute atomic E-state index is 0.297. The summed E-state index contributed by atoms with van der Waals surface area (Å²) in [4.78, 5) is 4.23. The van der Waals surface area contributed by atoms with Gasteiger partial charge in [-0.05, 0) is 39.2 Å². The maximum absolute atomic E-state index is 10.0. The average molecular weight is 261 g/mol. The van der Waals surface area contributed by atoms with Crippen LogP contribution in [0.2, 0.25) is 0 Å². The Bertz CT molecular complexity index is 586. The number of aliphatic hydroxyl groups excluding tert-OH is 1. The molecule has 2 aromatic heterocycles. The van der Waals surface area contributed by atoms with E-state index >= 15 is 0 Å². The Morgan fingerprint density at radius 3 is 3.05 bits per heavy atom. The Labute approximate surface area is 112 Å². The lowest BCUT2D eigenvalue weighted by atomic mass is 9.95. The second kappa shape index (κ2) is 4.81. The number of hydrogen-bond donors (Lipinski definition) is 1. The molecule has 2 aromatic rings. The molecule has 1 aliphatic carbocycles. The average Bonchev–Trinajstić information content (AvgIpc) is 2.92. The van der Waals surface area contributed by atoms with Crippen molar-refractivity contribution in [2.24, 2.45) is 0 Å². The van der Waals surface area contributed by atoms with Crippen molar-refractivity contribution in [3.63, 3.8) is 0 Å². The molecule has 1 atom stereocenters. The van der Waals surface area contributed by atoms with E-state index in [9.17, 15) is 5.11 Å². The number of rotatable bonds is 3. The summed E-state index contributed by atoms with van der Waals surface area (Å²) in [5.41, 5.74) is 3.57. The molecule has 0 saturated carbocycles. The van der Waals surface area contributed by atoms with Crippen molar-refractivity contribution in [2.45, 2.75) is 52.2 Å². The van der Waals surface area contributed by atoms with Gasteiger partial charge >= 0.3 is 0 Å². The van der Waals surface area contributed by atoms with Crippen molar-refractivity contribution in [3.05, 3.63) is 34.7 Å². The van der Waals surface area contributed by atoms with Gasteiger partial charge in [-0.25, -0.2) is 0 Å². The van der Waals surface area contributed by atoms with Gasteiger partial charge in [-0.2, -0.15) is 4.98 Å². The predicted octanol–water partition coefficient (Wildman–Crippen LogP) is 2.10. The number of aliphatic hydroxyl groups is 1. The normalized spacial score (nSPS) is 18.6. The first-order valence-corrected chi connectivity index (χ1v) is 6.81. The Kier molecular flexibility index (Phi) is 3.14. The van der Waals surface area contributed by atoms with Crippen molar-refractivity contribution < 1.29 is 9.63 Å². The second-order valence-corrected chi connectivity index (χ2v) is 5.23. The van der Waals surface area contributed by atoms with Crippen LogP contribution in [0.15, 0.2) is 10.6 Å². The van der Waals surface area contributed by atoms with Crippen molar-refractivity contribution in [2.75, 3.05) is 0 Å². The molecule has 0 amide bonds. The second-order valence-electron chi connectivity index (χ2n) is 5.23. The number of aryl methyl sites for hydroxylation is 3. The first-order chi connectivity index (χ1) is 9.15. The fourth-order valence-electron chi connectivity index (χ4n) is 2.90. The highest BCUT2D eigenvalue weighted by atomic mass is 16.5. The first kappa shape index (κ1) is 12.4. The molecule has 19 heavy (non-hydrogen) atoms. The summed E-state index contributed by atoms with van der Waals surface area (Å²) in [5.74, 6) is 1.35. The Hall–Kier alpha value is -1.62. The minimum atomic E-state index is -0.297. The van der Waals surface area contributed by atoms with Crippen molar-refractivity contribution in [1.82, 2.24) is 14.7 Å². The van der Waals surface area contributed by atoms with E-state index in [1.165, 1.54) is 11.4 Å². The van der Waals surface area contributed by atoms with Gasteiger partial charge in [0.2, 0.25) is 5.89 Å². The van der Waals surface area contributed by atoms with Gasteiger partial charge in [0.05, 0.1) is 6.10 Å². The summed E-state index contributed by atoms with van der Waals surface area (Å²) in [6.07, 6.45) is 3.41. The summed E-state index contributed by atoms with van der Waals surface area (Å²) in [6.45, 7) is 4.74. The molecular weight excluding hydrogens is 242 g/mol. The highest BCUT2D eigenvalue weighted by molar-refractivity contribution is 5.31. The smallest absolute Gasteiger partial charge is 0.228 e. The lowest BCUT2D eigenvalue weighted by Crippen LogP contribution is -2.13. The third-order valence-electron chi connectivity index (χ3n) is 3.82. The van der Waals surface area contributed by atoms with Crippen LogP contribution in [0.25, 0.3) is 0 Å². The predicted molar refractivity (Wildman–Crippen MR) is 69.8 cm³/mol. The van der Waals surface area contributed by atoms with E-state index in [-0.39, 0.29) is 6.10 Å². The van der Waals surface area contributed by atoms with Gasteiger partial charge in [-0.1, -0.05) is 5.16 Å². The summed E-state index contributed by atoms with van der Waals surface area (Å²) in [7, 11) is 0. The third-order valence-corrected chi connectivity index (χ3v) is 3.82. The van der Waals surface area contributed by atoms with Gasteiger partial charge in [0, 0.05) is 29.9 Å². The lowest BCUT2D eigenvalue weighted by Gasteiger charge is -2.20. The van der Waals surface area contributed by atoms with Gasteiger partial charge in [-0.15, -0.1) is 0 Å². The maximum atomic E-state index is 10.0. The SMILES string of the molecule is Cc1noc(CCn2c(C)cc3c2CCCC3O)n1. The Morgan fingerprint density at radius 1 is 1.47 bits per heavy atom. The monoisotopic (exact) mass is 261 g/mol. The molecule has 0 radical (unpaired) electrons. The highest BCUT2D eigenvalue weighted by Gasteiger charge is 2.23. The number of hydrogen-bond acceptors (Lipinski definition) is 4. The summed E-state index contributed by atoms with van der Waals surface area (Å²) >= 11 is 0. The van der Waals surface area contributed by atoms with E-state index < -0.39 is 0 Å². The molecule has 102 valence electrons. The van der Waals surface area contributed by atoms with Crippen LogP contribution < -0.4 is 0 Å². The van der Waals surface area contributed by atoms with Crippen LogP contribution in [0, 0.1) is 13.8 Å².